The molecule has 0 aromatic carbocycles. The van der Waals surface area contributed by atoms with Gasteiger partial charge in [0, 0.05) is 19.4 Å². The highest BCUT2D eigenvalue weighted by Gasteiger charge is 2.17. The third-order valence-corrected chi connectivity index (χ3v) is 9.65. The lowest BCUT2D eigenvalue weighted by molar-refractivity contribution is -0.162. The molecule has 62 heavy (non-hydrogen) atoms. The highest BCUT2D eigenvalue weighted by atomic mass is 16.6. The van der Waals surface area contributed by atoms with E-state index in [-0.39, 0.29) is 25.2 Å². The quantitative estimate of drug-likeness (QED) is 0.0347. The van der Waals surface area contributed by atoms with E-state index in [1.807, 2.05) is 0 Å². The first-order valence-corrected chi connectivity index (χ1v) is 24.7. The van der Waals surface area contributed by atoms with E-state index in [2.05, 4.69) is 154 Å². The van der Waals surface area contributed by atoms with Crippen LogP contribution < -0.4 is 0 Å². The molecule has 0 fully saturated rings. The molecule has 0 N–H and O–H groups in total. The second-order valence-corrected chi connectivity index (χ2v) is 15.6. The van der Waals surface area contributed by atoms with E-state index in [4.69, 9.17) is 14.2 Å². The summed E-state index contributed by atoms with van der Waals surface area (Å²) in [5.74, 6) is -0.547. The van der Waals surface area contributed by atoms with Crippen molar-refractivity contribution in [3.63, 3.8) is 0 Å². The molecule has 0 aromatic heterocycles. The lowest BCUT2D eigenvalue weighted by Crippen LogP contribution is -2.30. The van der Waals surface area contributed by atoms with E-state index in [9.17, 15) is 9.59 Å². The van der Waals surface area contributed by atoms with E-state index < -0.39 is 6.10 Å². The van der Waals surface area contributed by atoms with E-state index in [1.54, 1.807) is 0 Å². The maximum atomic E-state index is 12.8. The molecule has 0 heterocycles. The second kappa shape index (κ2) is 51.4. The third-order valence-electron chi connectivity index (χ3n) is 9.65. The number of carbonyl (C=O) groups is 2. The Morgan fingerprint density at radius 1 is 0.371 bits per heavy atom. The molecular weight excluding hydrogens is 765 g/mol. The van der Waals surface area contributed by atoms with Gasteiger partial charge in [0.05, 0.1) is 6.61 Å². The average Bonchev–Trinajstić information content (AvgIpc) is 3.27. The Morgan fingerprint density at radius 2 is 0.726 bits per heavy atom. The van der Waals surface area contributed by atoms with Crippen molar-refractivity contribution in [1.82, 2.24) is 0 Å². The monoisotopic (exact) mass is 855 g/mol. The van der Waals surface area contributed by atoms with Crippen LogP contribution in [0.5, 0.6) is 0 Å². The standard InChI is InChI=1S/C57H90O5/c1-4-7-10-13-16-19-22-25-27-29-31-33-35-38-41-44-47-50-56(58)61-54-55(53-60-52-49-46-43-40-37-24-21-18-15-12-9-6-3)62-57(59)51-48-45-42-39-36-34-32-30-28-26-23-20-17-14-11-8-5-2/h7-8,10-11,15-20,25-28,31-34,38-39,41-42,55H,4-6,9,12-14,21-24,29-30,35-37,40,43-54H2,1-3H3/b10-7-,11-8-,18-15-,19-16-,20-17-,27-25-,28-26-,33-31-,34-32-,41-38-,42-39-. The summed E-state index contributed by atoms with van der Waals surface area (Å²) in [4.78, 5) is 25.3. The van der Waals surface area contributed by atoms with Crippen molar-refractivity contribution >= 4 is 11.9 Å². The van der Waals surface area contributed by atoms with Crippen LogP contribution in [-0.2, 0) is 23.8 Å². The minimum atomic E-state index is -0.600. The molecule has 0 amide bonds. The zero-order valence-electron chi connectivity index (χ0n) is 39.8. The van der Waals surface area contributed by atoms with Crippen molar-refractivity contribution < 1.29 is 23.8 Å². The summed E-state index contributed by atoms with van der Waals surface area (Å²) in [6.45, 7) is 7.40. The molecule has 0 aliphatic rings. The van der Waals surface area contributed by atoms with Crippen molar-refractivity contribution in [2.75, 3.05) is 19.8 Å². The number of carbonyl (C=O) groups excluding carboxylic acids is 2. The number of esters is 2. The molecule has 0 rings (SSSR count). The van der Waals surface area contributed by atoms with Gasteiger partial charge in [0.2, 0.25) is 0 Å². The molecule has 1 unspecified atom stereocenters. The molecule has 0 aliphatic heterocycles. The Hall–Kier alpha value is -3.96. The molecule has 0 aliphatic carbocycles. The maximum Gasteiger partial charge on any atom is 0.306 e. The molecule has 5 heteroatoms. The molecule has 0 saturated heterocycles. The number of hydrogen-bond donors (Lipinski definition) is 0. The fraction of sp³-hybridized carbons (Fsp3) is 0.579. The van der Waals surface area contributed by atoms with Crippen molar-refractivity contribution in [1.29, 1.82) is 0 Å². The van der Waals surface area contributed by atoms with E-state index in [0.29, 0.717) is 25.9 Å². The third kappa shape index (κ3) is 48.7. The van der Waals surface area contributed by atoms with Crippen LogP contribution in [0.25, 0.3) is 0 Å². The fourth-order valence-corrected chi connectivity index (χ4v) is 6.03. The highest BCUT2D eigenvalue weighted by Crippen LogP contribution is 2.10. The van der Waals surface area contributed by atoms with Gasteiger partial charge < -0.3 is 14.2 Å². The second-order valence-electron chi connectivity index (χ2n) is 15.6. The van der Waals surface area contributed by atoms with Gasteiger partial charge >= 0.3 is 11.9 Å². The normalized spacial score (nSPS) is 13.4. The van der Waals surface area contributed by atoms with Crippen LogP contribution in [0.2, 0.25) is 0 Å². The molecule has 0 aromatic rings. The van der Waals surface area contributed by atoms with Crippen LogP contribution in [-0.4, -0.2) is 37.9 Å². The lowest BCUT2D eigenvalue weighted by atomic mass is 10.1. The summed E-state index contributed by atoms with van der Waals surface area (Å²) in [6.07, 6.45) is 73.2. The molecular formula is C57H90O5. The van der Waals surface area contributed by atoms with Crippen LogP contribution in [0.3, 0.4) is 0 Å². The zero-order chi connectivity index (χ0) is 44.9. The summed E-state index contributed by atoms with van der Waals surface area (Å²) >= 11 is 0. The summed E-state index contributed by atoms with van der Waals surface area (Å²) in [7, 11) is 0. The number of unbranched alkanes of at least 4 members (excludes halogenated alkanes) is 10. The summed E-state index contributed by atoms with van der Waals surface area (Å²) in [6, 6.07) is 0. The summed E-state index contributed by atoms with van der Waals surface area (Å²) < 4.78 is 17.3. The number of ether oxygens (including phenoxy) is 3. The van der Waals surface area contributed by atoms with E-state index >= 15 is 0 Å². The Labute approximate surface area is 381 Å². The van der Waals surface area contributed by atoms with Gasteiger partial charge in [0.25, 0.3) is 0 Å². The predicted molar refractivity (Wildman–Crippen MR) is 269 cm³/mol. The van der Waals surface area contributed by atoms with Crippen LogP contribution in [0, 0.1) is 0 Å². The van der Waals surface area contributed by atoms with E-state index in [0.717, 1.165) is 96.3 Å². The van der Waals surface area contributed by atoms with Gasteiger partial charge in [-0.25, -0.2) is 0 Å². The first kappa shape index (κ1) is 58.0. The Morgan fingerprint density at radius 3 is 1.18 bits per heavy atom. The van der Waals surface area contributed by atoms with Gasteiger partial charge in [-0.2, -0.15) is 0 Å². The van der Waals surface area contributed by atoms with Gasteiger partial charge in [-0.3, -0.25) is 9.59 Å². The highest BCUT2D eigenvalue weighted by molar-refractivity contribution is 5.70. The number of allylic oxidation sites excluding steroid dienone is 22. The Bertz CT molecular complexity index is 1330. The van der Waals surface area contributed by atoms with Gasteiger partial charge in [-0.05, 0) is 116 Å². The first-order valence-electron chi connectivity index (χ1n) is 24.7. The maximum absolute atomic E-state index is 12.8. The topological polar surface area (TPSA) is 61.8 Å². The molecule has 5 nitrogen and oxygen atoms in total. The minimum Gasteiger partial charge on any atom is -0.462 e. The van der Waals surface area contributed by atoms with Crippen LogP contribution in [0.15, 0.2) is 134 Å². The fourth-order valence-electron chi connectivity index (χ4n) is 6.03. The molecule has 0 bridgehead atoms. The largest absolute Gasteiger partial charge is 0.462 e. The molecule has 348 valence electrons. The SMILES string of the molecule is CC/C=C\C/C=C\C/C=C\C/C=C\C/C=C\CCCC(=O)OCC(COCCCCCCCC/C=C\CCCC)OC(=O)CCC/C=C\C/C=C\C/C=C\C/C=C\C/C=C\CC. The zero-order valence-corrected chi connectivity index (χ0v) is 39.8. The average molecular weight is 855 g/mol. The molecule has 0 radical (unpaired) electrons. The summed E-state index contributed by atoms with van der Waals surface area (Å²) in [5, 5.41) is 0. The van der Waals surface area contributed by atoms with Crippen molar-refractivity contribution in [2.24, 2.45) is 0 Å². The Kier molecular flexibility index (Phi) is 48.1. The first-order chi connectivity index (χ1) is 30.6. The van der Waals surface area contributed by atoms with Crippen molar-refractivity contribution in [3.8, 4) is 0 Å². The summed E-state index contributed by atoms with van der Waals surface area (Å²) in [5.41, 5.74) is 0. The van der Waals surface area contributed by atoms with Crippen LogP contribution in [0.4, 0.5) is 0 Å². The number of hydrogen-bond acceptors (Lipinski definition) is 5. The number of rotatable bonds is 43. The van der Waals surface area contributed by atoms with Gasteiger partial charge in [0.15, 0.2) is 6.10 Å². The van der Waals surface area contributed by atoms with Gasteiger partial charge in [-0.15, -0.1) is 0 Å². The Balaban J connectivity index is 4.49. The predicted octanol–water partition coefficient (Wildman–Crippen LogP) is 16.8. The van der Waals surface area contributed by atoms with E-state index in [1.165, 1.54) is 51.4 Å². The van der Waals surface area contributed by atoms with Crippen molar-refractivity contribution in [3.05, 3.63) is 134 Å². The van der Waals surface area contributed by atoms with Crippen LogP contribution in [0.1, 0.15) is 188 Å². The molecule has 1 atom stereocenters. The lowest BCUT2D eigenvalue weighted by Gasteiger charge is -2.18. The molecule has 0 spiro atoms. The van der Waals surface area contributed by atoms with Gasteiger partial charge in [0.1, 0.15) is 6.61 Å². The van der Waals surface area contributed by atoms with Crippen molar-refractivity contribution in [2.45, 2.75) is 194 Å². The molecule has 0 saturated carbocycles. The minimum absolute atomic E-state index is 0.0217. The smallest absolute Gasteiger partial charge is 0.306 e. The van der Waals surface area contributed by atoms with Gasteiger partial charge in [-0.1, -0.05) is 193 Å². The van der Waals surface area contributed by atoms with Crippen LogP contribution >= 0.6 is 0 Å².